The maximum absolute atomic E-state index is 12.9. The van der Waals surface area contributed by atoms with Gasteiger partial charge in [0.2, 0.25) is 0 Å². The molecule has 1 aromatic heterocycles. The Morgan fingerprint density at radius 1 is 1.22 bits per heavy atom. The fourth-order valence-electron chi connectivity index (χ4n) is 4.45. The number of ether oxygens (including phenoxy) is 1. The molecular formula is C26H38N2O4. The van der Waals surface area contributed by atoms with Gasteiger partial charge in [-0.15, -0.1) is 0 Å². The van der Waals surface area contributed by atoms with Crippen LogP contribution in [0.5, 0.6) is 5.75 Å². The maximum atomic E-state index is 12.9. The highest BCUT2D eigenvalue weighted by Crippen LogP contribution is 2.41. The van der Waals surface area contributed by atoms with Gasteiger partial charge in [-0.1, -0.05) is 26.0 Å². The van der Waals surface area contributed by atoms with E-state index in [-0.39, 0.29) is 24.5 Å². The largest absolute Gasteiger partial charge is 0.491 e. The zero-order chi connectivity index (χ0) is 23.3. The highest BCUT2D eigenvalue weighted by atomic mass is 16.5. The molecule has 0 radical (unpaired) electrons. The number of aromatic nitrogens is 1. The molecule has 1 fully saturated rings. The third-order valence-electron chi connectivity index (χ3n) is 6.85. The summed E-state index contributed by atoms with van der Waals surface area (Å²) in [6, 6.07) is 8.23. The lowest BCUT2D eigenvalue weighted by Gasteiger charge is -2.32. The van der Waals surface area contributed by atoms with Crippen molar-refractivity contribution >= 4 is 5.91 Å². The van der Waals surface area contributed by atoms with Crippen molar-refractivity contribution in [1.29, 1.82) is 0 Å². The number of amides is 1. The first-order valence-corrected chi connectivity index (χ1v) is 11.9. The number of aliphatic hydroxyl groups is 2. The number of nitrogens with zero attached hydrogens (tertiary/aromatic N) is 1. The summed E-state index contributed by atoms with van der Waals surface area (Å²) in [4.78, 5) is 12.9. The van der Waals surface area contributed by atoms with E-state index < -0.39 is 6.10 Å². The van der Waals surface area contributed by atoms with E-state index in [9.17, 15) is 9.90 Å². The van der Waals surface area contributed by atoms with Crippen LogP contribution < -0.4 is 10.1 Å². The van der Waals surface area contributed by atoms with Crippen LogP contribution in [0.25, 0.3) is 0 Å². The molecule has 176 valence electrons. The second-order valence-electron chi connectivity index (χ2n) is 8.97. The lowest BCUT2D eigenvalue weighted by molar-refractivity contribution is 0.0534. The molecule has 0 spiro atoms. The summed E-state index contributed by atoms with van der Waals surface area (Å²) in [5.41, 5.74) is 3.85. The van der Waals surface area contributed by atoms with E-state index in [1.807, 2.05) is 13.0 Å². The van der Waals surface area contributed by atoms with E-state index in [0.717, 1.165) is 42.8 Å². The van der Waals surface area contributed by atoms with E-state index in [4.69, 9.17) is 9.84 Å². The zero-order valence-electron chi connectivity index (χ0n) is 19.9. The van der Waals surface area contributed by atoms with Crippen molar-refractivity contribution in [2.45, 2.75) is 71.4 Å². The molecule has 2 aromatic rings. The second kappa shape index (κ2) is 10.5. The van der Waals surface area contributed by atoms with Crippen molar-refractivity contribution < 1.29 is 19.7 Å². The van der Waals surface area contributed by atoms with Crippen LogP contribution in [0.15, 0.2) is 30.5 Å². The highest BCUT2D eigenvalue weighted by molar-refractivity contribution is 5.93. The molecule has 1 saturated carbocycles. The molecule has 1 aromatic carbocycles. The van der Waals surface area contributed by atoms with Crippen LogP contribution in [0.1, 0.15) is 73.6 Å². The minimum Gasteiger partial charge on any atom is -0.491 e. The molecule has 0 aliphatic heterocycles. The summed E-state index contributed by atoms with van der Waals surface area (Å²) < 4.78 is 7.74. The number of hydrogen-bond donors (Lipinski definition) is 3. The highest BCUT2D eigenvalue weighted by Gasteiger charge is 2.33. The summed E-state index contributed by atoms with van der Waals surface area (Å²) >= 11 is 0. The van der Waals surface area contributed by atoms with Gasteiger partial charge in [0.15, 0.2) is 0 Å². The van der Waals surface area contributed by atoms with Crippen LogP contribution in [-0.4, -0.2) is 46.5 Å². The Morgan fingerprint density at radius 2 is 1.94 bits per heavy atom. The van der Waals surface area contributed by atoms with Crippen LogP contribution in [0, 0.1) is 12.8 Å². The summed E-state index contributed by atoms with van der Waals surface area (Å²) in [6.45, 7) is 9.69. The van der Waals surface area contributed by atoms with E-state index in [0.29, 0.717) is 11.7 Å². The Labute approximate surface area is 191 Å². The van der Waals surface area contributed by atoms with Crippen LogP contribution in [0.3, 0.4) is 0 Å². The van der Waals surface area contributed by atoms with Gasteiger partial charge >= 0.3 is 0 Å². The van der Waals surface area contributed by atoms with Gasteiger partial charge in [-0.25, -0.2) is 0 Å². The molecule has 1 unspecified atom stereocenters. The molecule has 1 aliphatic rings. The predicted octanol–water partition coefficient (Wildman–Crippen LogP) is 3.79. The van der Waals surface area contributed by atoms with Crippen LogP contribution in [0.4, 0.5) is 0 Å². The Bertz CT molecular complexity index is 913. The van der Waals surface area contributed by atoms with Crippen LogP contribution >= 0.6 is 0 Å². The first-order valence-electron chi connectivity index (χ1n) is 11.9. The SMILES string of the molecule is CCn1cc(C(CC)(CC)c2ccc(OCC(O)CO)c(C)c2)cc1C(=O)NCC1CC1. The number of nitrogens with one attached hydrogen (secondary N) is 1. The molecule has 3 N–H and O–H groups in total. The number of hydrogen-bond acceptors (Lipinski definition) is 4. The molecule has 32 heavy (non-hydrogen) atoms. The monoisotopic (exact) mass is 442 g/mol. The fourth-order valence-corrected chi connectivity index (χ4v) is 4.45. The molecule has 6 heteroatoms. The van der Waals surface area contributed by atoms with Gasteiger partial charge in [0, 0.05) is 24.7 Å². The van der Waals surface area contributed by atoms with E-state index >= 15 is 0 Å². The Morgan fingerprint density at radius 3 is 2.50 bits per heavy atom. The van der Waals surface area contributed by atoms with Crippen molar-refractivity contribution in [3.63, 3.8) is 0 Å². The fraction of sp³-hybridized carbons (Fsp3) is 0.577. The quantitative estimate of drug-likeness (QED) is 0.467. The minimum absolute atomic E-state index is 0.00785. The number of aliphatic hydroxyl groups excluding tert-OH is 2. The lowest BCUT2D eigenvalue weighted by Crippen LogP contribution is -2.27. The van der Waals surface area contributed by atoms with Crippen LogP contribution in [-0.2, 0) is 12.0 Å². The average molecular weight is 443 g/mol. The van der Waals surface area contributed by atoms with Crippen molar-refractivity contribution in [2.75, 3.05) is 19.8 Å². The summed E-state index contributed by atoms with van der Waals surface area (Å²) in [5.74, 6) is 1.36. The van der Waals surface area contributed by atoms with Gasteiger partial charge in [0.25, 0.3) is 5.91 Å². The third-order valence-corrected chi connectivity index (χ3v) is 6.85. The molecule has 0 saturated heterocycles. The van der Waals surface area contributed by atoms with Crippen molar-refractivity contribution in [2.24, 2.45) is 5.92 Å². The van der Waals surface area contributed by atoms with E-state index in [2.05, 4.69) is 55.1 Å². The third kappa shape index (κ3) is 5.18. The minimum atomic E-state index is -0.891. The van der Waals surface area contributed by atoms with Gasteiger partial charge in [0.1, 0.15) is 24.2 Å². The predicted molar refractivity (Wildman–Crippen MR) is 126 cm³/mol. The summed E-state index contributed by atoms with van der Waals surface area (Å²) in [5, 5.41) is 21.7. The van der Waals surface area contributed by atoms with Crippen molar-refractivity contribution in [1.82, 2.24) is 9.88 Å². The van der Waals surface area contributed by atoms with Crippen LogP contribution in [0.2, 0.25) is 0 Å². The van der Waals surface area contributed by atoms with Crippen molar-refractivity contribution in [3.8, 4) is 5.75 Å². The average Bonchev–Trinajstić information content (AvgIpc) is 3.54. The lowest BCUT2D eigenvalue weighted by atomic mass is 9.71. The molecule has 3 rings (SSSR count). The van der Waals surface area contributed by atoms with Gasteiger partial charge in [-0.2, -0.15) is 0 Å². The van der Waals surface area contributed by atoms with Gasteiger partial charge in [-0.05, 0) is 74.3 Å². The standard InChI is InChI=1S/C26H38N2O4/c1-5-26(6-2,20-10-11-24(18(4)12-20)32-17-22(30)16-29)21-13-23(28(7-3)15-21)25(31)27-14-19-8-9-19/h10-13,15,19,22,29-30H,5-9,14,16-17H2,1-4H3,(H,27,31). The molecule has 0 bridgehead atoms. The molecule has 1 atom stereocenters. The first-order chi connectivity index (χ1) is 15.4. The van der Waals surface area contributed by atoms with Gasteiger partial charge < -0.3 is 24.8 Å². The number of rotatable bonds is 12. The molecular weight excluding hydrogens is 404 g/mol. The smallest absolute Gasteiger partial charge is 0.267 e. The Hall–Kier alpha value is -2.31. The second-order valence-corrected chi connectivity index (χ2v) is 8.97. The number of benzene rings is 1. The van der Waals surface area contributed by atoms with Gasteiger partial charge in [-0.3, -0.25) is 4.79 Å². The van der Waals surface area contributed by atoms with E-state index in [1.165, 1.54) is 18.4 Å². The Balaban J connectivity index is 1.90. The molecule has 1 amide bonds. The Kier molecular flexibility index (Phi) is 8.01. The van der Waals surface area contributed by atoms with Crippen molar-refractivity contribution in [3.05, 3.63) is 52.8 Å². The molecule has 1 heterocycles. The van der Waals surface area contributed by atoms with E-state index in [1.54, 1.807) is 0 Å². The number of carbonyl (C=O) groups excluding carboxylic acids is 1. The topological polar surface area (TPSA) is 83.7 Å². The maximum Gasteiger partial charge on any atom is 0.267 e. The molecule has 6 nitrogen and oxygen atoms in total. The zero-order valence-corrected chi connectivity index (χ0v) is 19.9. The number of aryl methyl sites for hydroxylation is 2. The number of carbonyl (C=O) groups is 1. The normalized spacial score (nSPS) is 14.9. The summed E-state index contributed by atoms with van der Waals surface area (Å²) in [6.07, 6.45) is 5.49. The van der Waals surface area contributed by atoms with Gasteiger partial charge in [0.05, 0.1) is 6.61 Å². The first kappa shape index (κ1) is 24.3. The summed E-state index contributed by atoms with van der Waals surface area (Å²) in [7, 11) is 0. The molecule has 1 aliphatic carbocycles.